The molecule has 0 aliphatic carbocycles. The highest BCUT2D eigenvalue weighted by molar-refractivity contribution is 7.98. The lowest BCUT2D eigenvalue weighted by atomic mass is 10.2. The lowest BCUT2D eigenvalue weighted by Gasteiger charge is -2.13. The van der Waals surface area contributed by atoms with Crippen LogP contribution in [-0.4, -0.2) is 28.8 Å². The summed E-state index contributed by atoms with van der Waals surface area (Å²) in [6, 6.07) is 8.98. The molecule has 0 saturated heterocycles. The number of nitrogens with one attached hydrogen (secondary N) is 1. The maximum Gasteiger partial charge on any atom is 0.252 e. The van der Waals surface area contributed by atoms with E-state index in [-0.39, 0.29) is 18.6 Å². The molecule has 6 heteroatoms. The molecule has 0 spiro atoms. The average molecular weight is 306 g/mol. The summed E-state index contributed by atoms with van der Waals surface area (Å²) in [6.45, 7) is 3.54. The van der Waals surface area contributed by atoms with E-state index >= 15 is 0 Å². The molecule has 1 heterocycles. The summed E-state index contributed by atoms with van der Waals surface area (Å²) >= 11 is 1.52. The largest absolute Gasteiger partial charge is 0.394 e. The SMILES string of the molecule is Cc1cc(CSc2ccccc2C(=O)NC(C)CO)on1. The van der Waals surface area contributed by atoms with Gasteiger partial charge in [0.25, 0.3) is 5.91 Å². The monoisotopic (exact) mass is 306 g/mol. The topological polar surface area (TPSA) is 75.4 Å². The molecule has 0 aliphatic heterocycles. The van der Waals surface area contributed by atoms with Gasteiger partial charge in [0, 0.05) is 17.0 Å². The summed E-state index contributed by atoms with van der Waals surface area (Å²) in [6.07, 6.45) is 0. The molecule has 1 aromatic heterocycles. The van der Waals surface area contributed by atoms with Crippen LogP contribution < -0.4 is 5.32 Å². The number of aromatic nitrogens is 1. The maximum absolute atomic E-state index is 12.2. The molecule has 2 aromatic rings. The number of aryl methyl sites for hydroxylation is 1. The molecule has 0 radical (unpaired) electrons. The van der Waals surface area contributed by atoms with Gasteiger partial charge >= 0.3 is 0 Å². The first-order valence-electron chi connectivity index (χ1n) is 6.66. The zero-order valence-corrected chi connectivity index (χ0v) is 12.8. The van der Waals surface area contributed by atoms with Gasteiger partial charge in [0.2, 0.25) is 0 Å². The molecule has 1 atom stereocenters. The Hall–Kier alpha value is -1.79. The van der Waals surface area contributed by atoms with Crippen molar-refractivity contribution in [2.24, 2.45) is 0 Å². The molecule has 0 aliphatic rings. The predicted molar refractivity (Wildman–Crippen MR) is 81.3 cm³/mol. The minimum Gasteiger partial charge on any atom is -0.394 e. The van der Waals surface area contributed by atoms with E-state index in [9.17, 15) is 4.79 Å². The Morgan fingerprint density at radius 2 is 2.24 bits per heavy atom. The predicted octanol–water partition coefficient (Wildman–Crippen LogP) is 2.39. The Morgan fingerprint density at radius 3 is 2.90 bits per heavy atom. The summed E-state index contributed by atoms with van der Waals surface area (Å²) in [7, 11) is 0. The molecule has 1 amide bonds. The lowest BCUT2D eigenvalue weighted by Crippen LogP contribution is -2.35. The van der Waals surface area contributed by atoms with Crippen molar-refractivity contribution in [3.63, 3.8) is 0 Å². The molecule has 0 saturated carbocycles. The van der Waals surface area contributed by atoms with Gasteiger partial charge in [0.15, 0.2) is 0 Å². The van der Waals surface area contributed by atoms with Gasteiger partial charge in [-0.05, 0) is 26.0 Å². The molecule has 1 unspecified atom stereocenters. The molecule has 112 valence electrons. The number of rotatable bonds is 6. The van der Waals surface area contributed by atoms with E-state index in [0.29, 0.717) is 11.3 Å². The van der Waals surface area contributed by atoms with Crippen molar-refractivity contribution in [2.75, 3.05) is 6.61 Å². The smallest absolute Gasteiger partial charge is 0.252 e. The van der Waals surface area contributed by atoms with Gasteiger partial charge in [0.05, 0.1) is 23.6 Å². The van der Waals surface area contributed by atoms with Crippen molar-refractivity contribution in [1.29, 1.82) is 0 Å². The number of hydrogen-bond donors (Lipinski definition) is 2. The Balaban J connectivity index is 2.07. The van der Waals surface area contributed by atoms with Gasteiger partial charge in [-0.1, -0.05) is 17.3 Å². The molecular weight excluding hydrogens is 288 g/mol. The molecule has 21 heavy (non-hydrogen) atoms. The van der Waals surface area contributed by atoms with E-state index < -0.39 is 0 Å². The van der Waals surface area contributed by atoms with Gasteiger partial charge in [0.1, 0.15) is 5.76 Å². The van der Waals surface area contributed by atoms with Crippen molar-refractivity contribution < 1.29 is 14.4 Å². The van der Waals surface area contributed by atoms with E-state index in [1.165, 1.54) is 11.8 Å². The minimum absolute atomic E-state index is 0.0849. The first-order valence-corrected chi connectivity index (χ1v) is 7.64. The van der Waals surface area contributed by atoms with Crippen molar-refractivity contribution in [2.45, 2.75) is 30.5 Å². The molecule has 0 bridgehead atoms. The summed E-state index contributed by atoms with van der Waals surface area (Å²) in [5.41, 5.74) is 1.44. The second kappa shape index (κ2) is 7.28. The highest BCUT2D eigenvalue weighted by Crippen LogP contribution is 2.26. The molecular formula is C15H18N2O3S. The van der Waals surface area contributed by atoms with Crippen LogP contribution in [0.15, 0.2) is 39.8 Å². The van der Waals surface area contributed by atoms with Crippen molar-refractivity contribution >= 4 is 17.7 Å². The third-order valence-corrected chi connectivity index (χ3v) is 3.93. The van der Waals surface area contributed by atoms with Crippen LogP contribution in [0.2, 0.25) is 0 Å². The fourth-order valence-corrected chi connectivity index (χ4v) is 2.69. The van der Waals surface area contributed by atoms with Crippen molar-refractivity contribution in [3.8, 4) is 0 Å². The lowest BCUT2D eigenvalue weighted by molar-refractivity contribution is 0.0919. The highest BCUT2D eigenvalue weighted by Gasteiger charge is 2.14. The van der Waals surface area contributed by atoms with Gasteiger partial charge in [-0.3, -0.25) is 4.79 Å². The Bertz CT molecular complexity index is 612. The molecule has 0 fully saturated rings. The van der Waals surface area contributed by atoms with Gasteiger partial charge in [-0.15, -0.1) is 11.8 Å². The number of nitrogens with zero attached hydrogens (tertiary/aromatic N) is 1. The van der Waals surface area contributed by atoms with E-state index in [1.54, 1.807) is 13.0 Å². The van der Waals surface area contributed by atoms with Gasteiger partial charge < -0.3 is 14.9 Å². The number of carbonyl (C=O) groups excluding carboxylic acids is 1. The number of carbonyl (C=O) groups is 1. The zero-order chi connectivity index (χ0) is 15.2. The number of thioether (sulfide) groups is 1. The van der Waals surface area contributed by atoms with Crippen LogP contribution in [0, 0.1) is 6.92 Å². The Kier molecular flexibility index (Phi) is 5.41. The summed E-state index contributed by atoms with van der Waals surface area (Å²) in [5.74, 6) is 1.20. The fraction of sp³-hybridized carbons (Fsp3) is 0.333. The zero-order valence-electron chi connectivity index (χ0n) is 12.0. The number of aliphatic hydroxyl groups excluding tert-OH is 1. The van der Waals surface area contributed by atoms with Crippen molar-refractivity contribution in [1.82, 2.24) is 10.5 Å². The second-order valence-corrected chi connectivity index (χ2v) is 5.79. The minimum atomic E-state index is -0.271. The molecule has 5 nitrogen and oxygen atoms in total. The molecule has 1 aromatic carbocycles. The first-order chi connectivity index (χ1) is 10.1. The number of benzene rings is 1. The fourth-order valence-electron chi connectivity index (χ4n) is 1.76. The van der Waals surface area contributed by atoms with Crippen LogP contribution >= 0.6 is 11.8 Å². The summed E-state index contributed by atoms with van der Waals surface area (Å²) in [5, 5.41) is 15.6. The number of amides is 1. The Morgan fingerprint density at radius 1 is 1.48 bits per heavy atom. The van der Waals surface area contributed by atoms with Crippen LogP contribution in [-0.2, 0) is 5.75 Å². The van der Waals surface area contributed by atoms with Crippen LogP contribution in [0.5, 0.6) is 0 Å². The van der Waals surface area contributed by atoms with Gasteiger partial charge in [-0.25, -0.2) is 0 Å². The third-order valence-electron chi connectivity index (χ3n) is 2.83. The highest BCUT2D eigenvalue weighted by atomic mass is 32.2. The number of aliphatic hydroxyl groups is 1. The van der Waals surface area contributed by atoms with Gasteiger partial charge in [-0.2, -0.15) is 0 Å². The van der Waals surface area contributed by atoms with E-state index in [0.717, 1.165) is 16.3 Å². The van der Waals surface area contributed by atoms with E-state index in [2.05, 4.69) is 10.5 Å². The average Bonchev–Trinajstić information content (AvgIpc) is 2.90. The number of hydrogen-bond acceptors (Lipinski definition) is 5. The molecule has 2 N–H and O–H groups in total. The standard InChI is InChI=1S/C15H18N2O3S/c1-10-7-12(20-17-10)9-21-14-6-4-3-5-13(14)15(19)16-11(2)8-18/h3-7,11,18H,8-9H2,1-2H3,(H,16,19). The van der Waals surface area contributed by atoms with Crippen LogP contribution in [0.1, 0.15) is 28.7 Å². The Labute approximate surface area is 127 Å². The second-order valence-electron chi connectivity index (χ2n) is 4.78. The first kappa shape index (κ1) is 15.6. The molecule has 2 rings (SSSR count). The van der Waals surface area contributed by atoms with E-state index in [4.69, 9.17) is 9.63 Å². The quantitative estimate of drug-likeness (QED) is 0.802. The van der Waals surface area contributed by atoms with Crippen LogP contribution in [0.4, 0.5) is 0 Å². The summed E-state index contributed by atoms with van der Waals surface area (Å²) < 4.78 is 5.16. The summed E-state index contributed by atoms with van der Waals surface area (Å²) in [4.78, 5) is 13.0. The van der Waals surface area contributed by atoms with Crippen LogP contribution in [0.25, 0.3) is 0 Å². The van der Waals surface area contributed by atoms with Crippen molar-refractivity contribution in [3.05, 3.63) is 47.3 Å². The van der Waals surface area contributed by atoms with Crippen LogP contribution in [0.3, 0.4) is 0 Å². The normalized spacial score (nSPS) is 12.1. The third kappa shape index (κ3) is 4.34. The van der Waals surface area contributed by atoms with E-state index in [1.807, 2.05) is 31.2 Å². The maximum atomic E-state index is 12.2.